The molecule has 4 nitrogen and oxygen atoms in total. The predicted molar refractivity (Wildman–Crippen MR) is 87.5 cm³/mol. The maximum absolute atomic E-state index is 13.1. The Hall–Kier alpha value is -1.84. The third-order valence-corrected chi connectivity index (χ3v) is 5.27. The number of morpholine rings is 1. The number of hydrogen-bond acceptors (Lipinski definition) is 3. The van der Waals surface area contributed by atoms with E-state index in [1.165, 1.54) is 0 Å². The molecule has 0 radical (unpaired) electrons. The first-order valence-electron chi connectivity index (χ1n) is 8.36. The molecule has 2 fully saturated rings. The summed E-state index contributed by atoms with van der Waals surface area (Å²) in [5.74, 6) is 0.0445. The standard InChI is InChI=1S/C19H25NO3/c1-12(2)14-10-19(3,4)16-18(22)23-11-15(20(16)17(14)21)13-8-6-5-7-9-13/h5-9,12,14-16H,10-11H2,1-4H3/t14-,15-,16+/m0/s1. The lowest BCUT2D eigenvalue weighted by molar-refractivity contribution is -0.188. The first-order valence-corrected chi connectivity index (χ1v) is 8.36. The molecule has 1 aromatic carbocycles. The molecular formula is C19H25NO3. The molecule has 0 aliphatic carbocycles. The minimum absolute atomic E-state index is 0.0432. The fourth-order valence-corrected chi connectivity index (χ4v) is 4.00. The third kappa shape index (κ3) is 2.64. The molecule has 2 aliphatic heterocycles. The number of hydrogen-bond donors (Lipinski definition) is 0. The van der Waals surface area contributed by atoms with Gasteiger partial charge < -0.3 is 9.64 Å². The van der Waals surface area contributed by atoms with Crippen molar-refractivity contribution in [2.24, 2.45) is 17.3 Å². The number of nitrogens with zero attached hydrogens (tertiary/aromatic N) is 1. The van der Waals surface area contributed by atoms with Gasteiger partial charge in [-0.25, -0.2) is 4.79 Å². The highest BCUT2D eigenvalue weighted by Gasteiger charge is 2.55. The summed E-state index contributed by atoms with van der Waals surface area (Å²) in [6.07, 6.45) is 0.723. The van der Waals surface area contributed by atoms with Crippen LogP contribution in [0.1, 0.15) is 45.7 Å². The molecule has 0 saturated carbocycles. The minimum atomic E-state index is -0.496. The summed E-state index contributed by atoms with van der Waals surface area (Å²) in [6.45, 7) is 8.55. The van der Waals surface area contributed by atoms with Gasteiger partial charge in [-0.15, -0.1) is 0 Å². The average molecular weight is 315 g/mol. The van der Waals surface area contributed by atoms with Gasteiger partial charge in [0.2, 0.25) is 5.91 Å². The Balaban J connectivity index is 2.05. The summed E-state index contributed by atoms with van der Waals surface area (Å²) >= 11 is 0. The fourth-order valence-electron chi connectivity index (χ4n) is 4.00. The molecule has 3 rings (SSSR count). The fraction of sp³-hybridized carbons (Fsp3) is 0.579. The van der Waals surface area contributed by atoms with E-state index in [4.69, 9.17) is 4.74 Å². The van der Waals surface area contributed by atoms with Gasteiger partial charge in [-0.1, -0.05) is 58.0 Å². The van der Waals surface area contributed by atoms with Gasteiger partial charge in [0.1, 0.15) is 12.6 Å². The first kappa shape index (κ1) is 16.0. The minimum Gasteiger partial charge on any atom is -0.462 e. The second-order valence-electron chi connectivity index (χ2n) is 7.75. The Kier molecular flexibility index (Phi) is 3.95. The van der Waals surface area contributed by atoms with E-state index < -0.39 is 6.04 Å². The number of cyclic esters (lactones) is 1. The monoisotopic (exact) mass is 315 g/mol. The van der Waals surface area contributed by atoms with E-state index in [-0.39, 0.29) is 41.8 Å². The van der Waals surface area contributed by atoms with Gasteiger partial charge >= 0.3 is 5.97 Å². The third-order valence-electron chi connectivity index (χ3n) is 5.27. The first-order chi connectivity index (χ1) is 10.8. The van der Waals surface area contributed by atoms with Crippen molar-refractivity contribution in [3.8, 4) is 0 Å². The zero-order chi connectivity index (χ0) is 16.8. The molecule has 2 saturated heterocycles. The van der Waals surface area contributed by atoms with Crippen LogP contribution in [-0.4, -0.2) is 29.4 Å². The number of carbonyl (C=O) groups excluding carboxylic acids is 2. The maximum Gasteiger partial charge on any atom is 0.329 e. The molecule has 4 heteroatoms. The quantitative estimate of drug-likeness (QED) is 0.788. The zero-order valence-electron chi connectivity index (χ0n) is 14.3. The molecule has 2 heterocycles. The van der Waals surface area contributed by atoms with E-state index >= 15 is 0 Å². The summed E-state index contributed by atoms with van der Waals surface area (Å²) in [6, 6.07) is 9.19. The van der Waals surface area contributed by atoms with Crippen LogP contribution in [0.25, 0.3) is 0 Å². The average Bonchev–Trinajstić information content (AvgIpc) is 2.51. The van der Waals surface area contributed by atoms with Gasteiger partial charge in [0.25, 0.3) is 0 Å². The number of ether oxygens (including phenoxy) is 1. The van der Waals surface area contributed by atoms with Crippen LogP contribution in [0, 0.1) is 17.3 Å². The molecule has 23 heavy (non-hydrogen) atoms. The van der Waals surface area contributed by atoms with Crippen molar-refractivity contribution >= 4 is 11.9 Å². The Bertz CT molecular complexity index is 608. The number of rotatable bonds is 2. The lowest BCUT2D eigenvalue weighted by atomic mass is 9.68. The van der Waals surface area contributed by atoms with Gasteiger partial charge in [0.15, 0.2) is 0 Å². The summed E-state index contributed by atoms with van der Waals surface area (Å²) in [7, 11) is 0. The maximum atomic E-state index is 13.1. The largest absolute Gasteiger partial charge is 0.462 e. The Morgan fingerprint density at radius 2 is 1.83 bits per heavy atom. The van der Waals surface area contributed by atoms with Crippen LogP contribution in [-0.2, 0) is 14.3 Å². The molecule has 1 amide bonds. The Morgan fingerprint density at radius 3 is 2.43 bits per heavy atom. The van der Waals surface area contributed by atoms with Crippen molar-refractivity contribution in [1.82, 2.24) is 4.90 Å². The number of fused-ring (bicyclic) bond motifs is 1. The SMILES string of the molecule is CC(C)[C@@H]1CC(C)(C)[C@H]2C(=O)OC[C@@H](c3ccccc3)N2C1=O. The molecule has 0 bridgehead atoms. The number of piperidine rings is 1. The van der Waals surface area contributed by atoms with E-state index in [9.17, 15) is 9.59 Å². The number of esters is 1. The molecule has 2 aliphatic rings. The summed E-state index contributed by atoms with van der Waals surface area (Å²) in [5.41, 5.74) is 0.742. The van der Waals surface area contributed by atoms with Crippen molar-refractivity contribution in [2.75, 3.05) is 6.61 Å². The molecule has 124 valence electrons. The van der Waals surface area contributed by atoms with Crippen LogP contribution in [0.2, 0.25) is 0 Å². The smallest absolute Gasteiger partial charge is 0.329 e. The van der Waals surface area contributed by atoms with Crippen LogP contribution in [0.5, 0.6) is 0 Å². The Morgan fingerprint density at radius 1 is 1.17 bits per heavy atom. The van der Waals surface area contributed by atoms with Crippen LogP contribution < -0.4 is 0 Å². The molecule has 0 N–H and O–H groups in total. The van der Waals surface area contributed by atoms with E-state index in [2.05, 4.69) is 27.7 Å². The lowest BCUT2D eigenvalue weighted by Crippen LogP contribution is -2.64. The summed E-state index contributed by atoms with van der Waals surface area (Å²) in [5, 5.41) is 0. The highest BCUT2D eigenvalue weighted by molar-refractivity contribution is 5.89. The number of benzene rings is 1. The van der Waals surface area contributed by atoms with Crippen LogP contribution in [0.4, 0.5) is 0 Å². The van der Waals surface area contributed by atoms with Crippen LogP contribution in [0.3, 0.4) is 0 Å². The zero-order valence-corrected chi connectivity index (χ0v) is 14.3. The van der Waals surface area contributed by atoms with E-state index in [1.54, 1.807) is 0 Å². The van der Waals surface area contributed by atoms with Crippen LogP contribution in [0.15, 0.2) is 30.3 Å². The molecule has 3 atom stereocenters. The van der Waals surface area contributed by atoms with Gasteiger partial charge in [0, 0.05) is 5.92 Å². The second kappa shape index (κ2) is 5.66. The number of carbonyl (C=O) groups is 2. The number of amides is 1. The normalized spacial score (nSPS) is 30.1. The van der Waals surface area contributed by atoms with Crippen LogP contribution >= 0.6 is 0 Å². The van der Waals surface area contributed by atoms with E-state index in [1.807, 2.05) is 35.2 Å². The predicted octanol–water partition coefficient (Wildman–Crippen LogP) is 3.18. The highest BCUT2D eigenvalue weighted by Crippen LogP contribution is 2.46. The highest BCUT2D eigenvalue weighted by atomic mass is 16.5. The molecule has 0 spiro atoms. The molecule has 0 unspecified atom stereocenters. The molecule has 0 aromatic heterocycles. The topological polar surface area (TPSA) is 46.6 Å². The van der Waals surface area contributed by atoms with Gasteiger partial charge in [0.05, 0.1) is 6.04 Å². The van der Waals surface area contributed by atoms with Crippen molar-refractivity contribution in [2.45, 2.75) is 46.2 Å². The second-order valence-corrected chi connectivity index (χ2v) is 7.75. The summed E-state index contributed by atoms with van der Waals surface area (Å²) in [4.78, 5) is 27.4. The van der Waals surface area contributed by atoms with Gasteiger partial charge in [-0.05, 0) is 23.3 Å². The molecular weight excluding hydrogens is 290 g/mol. The van der Waals surface area contributed by atoms with Crippen molar-refractivity contribution in [1.29, 1.82) is 0 Å². The summed E-state index contributed by atoms with van der Waals surface area (Å²) < 4.78 is 5.46. The van der Waals surface area contributed by atoms with Crippen molar-refractivity contribution in [3.63, 3.8) is 0 Å². The van der Waals surface area contributed by atoms with E-state index in [0.29, 0.717) is 0 Å². The van der Waals surface area contributed by atoms with Gasteiger partial charge in [-0.2, -0.15) is 0 Å². The van der Waals surface area contributed by atoms with Crippen molar-refractivity contribution in [3.05, 3.63) is 35.9 Å². The Labute approximate surface area is 137 Å². The molecule has 1 aromatic rings. The van der Waals surface area contributed by atoms with Gasteiger partial charge in [-0.3, -0.25) is 4.79 Å². The van der Waals surface area contributed by atoms with Crippen molar-refractivity contribution < 1.29 is 14.3 Å². The lowest BCUT2D eigenvalue weighted by Gasteiger charge is -2.53. The van der Waals surface area contributed by atoms with E-state index in [0.717, 1.165) is 12.0 Å².